The second kappa shape index (κ2) is 7.59. The second-order valence-corrected chi connectivity index (χ2v) is 7.54. The maximum atomic E-state index is 13.8. The SMILES string of the molecule is Cn1ccnc1Sc1ccc(F)cc1NC(=O)Cn1c(=O)n(C)c2ccccc21. The molecule has 0 atom stereocenters. The number of anilines is 1. The van der Waals surface area contributed by atoms with Gasteiger partial charge in [0.15, 0.2) is 5.16 Å². The van der Waals surface area contributed by atoms with Crippen LogP contribution in [0.3, 0.4) is 0 Å². The van der Waals surface area contributed by atoms with E-state index < -0.39 is 11.7 Å². The Labute approximate surface area is 169 Å². The van der Waals surface area contributed by atoms with E-state index in [9.17, 15) is 14.0 Å². The van der Waals surface area contributed by atoms with E-state index in [1.807, 2.05) is 29.8 Å². The van der Waals surface area contributed by atoms with Crippen molar-refractivity contribution >= 4 is 34.4 Å². The number of hydrogen-bond acceptors (Lipinski definition) is 4. The van der Waals surface area contributed by atoms with Crippen molar-refractivity contribution < 1.29 is 9.18 Å². The second-order valence-electron chi connectivity index (χ2n) is 6.53. The van der Waals surface area contributed by atoms with Gasteiger partial charge in [-0.3, -0.25) is 13.9 Å². The molecule has 2 aromatic heterocycles. The van der Waals surface area contributed by atoms with Crippen LogP contribution in [0.1, 0.15) is 0 Å². The lowest BCUT2D eigenvalue weighted by atomic mass is 10.3. The summed E-state index contributed by atoms with van der Waals surface area (Å²) in [5, 5.41) is 3.43. The number of amides is 1. The van der Waals surface area contributed by atoms with Crippen LogP contribution in [0, 0.1) is 5.82 Å². The molecule has 0 saturated carbocycles. The van der Waals surface area contributed by atoms with E-state index in [2.05, 4.69) is 10.3 Å². The first-order valence-corrected chi connectivity index (χ1v) is 9.64. The van der Waals surface area contributed by atoms with Crippen LogP contribution in [0.5, 0.6) is 0 Å². The summed E-state index contributed by atoms with van der Waals surface area (Å²) < 4.78 is 18.5. The van der Waals surface area contributed by atoms with Gasteiger partial charge in [0.1, 0.15) is 12.4 Å². The lowest BCUT2D eigenvalue weighted by Crippen LogP contribution is -2.28. The summed E-state index contributed by atoms with van der Waals surface area (Å²) in [5.74, 6) is -0.887. The van der Waals surface area contributed by atoms with Gasteiger partial charge in [0, 0.05) is 31.4 Å². The number of rotatable bonds is 5. The van der Waals surface area contributed by atoms with Crippen LogP contribution < -0.4 is 11.0 Å². The van der Waals surface area contributed by atoms with Crippen molar-refractivity contribution in [1.29, 1.82) is 0 Å². The third-order valence-electron chi connectivity index (χ3n) is 4.55. The molecular formula is C20H18FN5O2S. The Morgan fingerprint density at radius 3 is 2.66 bits per heavy atom. The van der Waals surface area contributed by atoms with Crippen LogP contribution in [-0.2, 0) is 25.4 Å². The fourth-order valence-electron chi connectivity index (χ4n) is 3.09. The van der Waals surface area contributed by atoms with Crippen LogP contribution in [-0.4, -0.2) is 24.6 Å². The monoisotopic (exact) mass is 411 g/mol. The van der Waals surface area contributed by atoms with Gasteiger partial charge in [-0.05, 0) is 42.1 Å². The van der Waals surface area contributed by atoms with Gasteiger partial charge in [-0.15, -0.1) is 0 Å². The number of para-hydroxylation sites is 2. The molecule has 0 fully saturated rings. The molecule has 0 aliphatic rings. The summed E-state index contributed by atoms with van der Waals surface area (Å²) in [6.45, 7) is -0.177. The zero-order valence-electron chi connectivity index (χ0n) is 15.8. The van der Waals surface area contributed by atoms with Gasteiger partial charge in [-0.2, -0.15) is 0 Å². The van der Waals surface area contributed by atoms with Crippen molar-refractivity contribution in [3.05, 3.63) is 71.2 Å². The van der Waals surface area contributed by atoms with E-state index in [1.165, 1.54) is 33.0 Å². The summed E-state index contributed by atoms with van der Waals surface area (Å²) in [6.07, 6.45) is 3.47. The zero-order valence-corrected chi connectivity index (χ0v) is 16.6. The predicted molar refractivity (Wildman–Crippen MR) is 110 cm³/mol. The van der Waals surface area contributed by atoms with Crippen molar-refractivity contribution in [2.24, 2.45) is 14.1 Å². The highest BCUT2D eigenvalue weighted by Crippen LogP contribution is 2.33. The maximum absolute atomic E-state index is 13.8. The molecule has 29 heavy (non-hydrogen) atoms. The number of aryl methyl sites for hydroxylation is 2. The quantitative estimate of drug-likeness (QED) is 0.548. The molecule has 9 heteroatoms. The molecule has 1 amide bonds. The number of aromatic nitrogens is 4. The number of nitrogens with zero attached hydrogens (tertiary/aromatic N) is 4. The van der Waals surface area contributed by atoms with Gasteiger partial charge in [-0.25, -0.2) is 14.2 Å². The number of halogens is 1. The lowest BCUT2D eigenvalue weighted by Gasteiger charge is -2.11. The predicted octanol–water partition coefficient (Wildman–Crippen LogP) is 3.00. The van der Waals surface area contributed by atoms with Gasteiger partial charge in [0.2, 0.25) is 5.91 Å². The van der Waals surface area contributed by atoms with Crippen molar-refractivity contribution in [3.8, 4) is 0 Å². The molecule has 4 rings (SSSR count). The van der Waals surface area contributed by atoms with Gasteiger partial charge in [0.25, 0.3) is 0 Å². The van der Waals surface area contributed by atoms with E-state index in [4.69, 9.17) is 0 Å². The maximum Gasteiger partial charge on any atom is 0.329 e. The Hall–Kier alpha value is -3.33. The summed E-state index contributed by atoms with van der Waals surface area (Å²) in [4.78, 5) is 30.1. The van der Waals surface area contributed by atoms with Crippen molar-refractivity contribution in [2.75, 3.05) is 5.32 Å². The van der Waals surface area contributed by atoms with Gasteiger partial charge in [0.05, 0.1) is 16.7 Å². The molecule has 0 unspecified atom stereocenters. The van der Waals surface area contributed by atoms with E-state index in [-0.39, 0.29) is 12.2 Å². The fourth-order valence-corrected chi connectivity index (χ4v) is 3.96. The zero-order chi connectivity index (χ0) is 20.5. The number of nitrogens with one attached hydrogen (secondary N) is 1. The molecule has 2 aromatic carbocycles. The average Bonchev–Trinajstić information content (AvgIpc) is 3.21. The minimum atomic E-state index is -0.466. The van der Waals surface area contributed by atoms with E-state index in [1.54, 1.807) is 31.6 Å². The molecule has 0 spiro atoms. The first kappa shape index (κ1) is 19.0. The summed E-state index contributed by atoms with van der Waals surface area (Å²) in [6, 6.07) is 11.4. The third-order valence-corrected chi connectivity index (χ3v) is 5.70. The van der Waals surface area contributed by atoms with Gasteiger partial charge in [-0.1, -0.05) is 12.1 Å². The third kappa shape index (κ3) is 3.68. The Kier molecular flexibility index (Phi) is 4.98. The van der Waals surface area contributed by atoms with Crippen LogP contribution in [0.25, 0.3) is 11.0 Å². The minimum Gasteiger partial charge on any atom is -0.329 e. The molecule has 0 radical (unpaired) electrons. The van der Waals surface area contributed by atoms with Crippen LogP contribution in [0.15, 0.2) is 69.7 Å². The summed E-state index contributed by atoms with van der Waals surface area (Å²) in [7, 11) is 3.51. The highest BCUT2D eigenvalue weighted by atomic mass is 32.2. The summed E-state index contributed by atoms with van der Waals surface area (Å²) >= 11 is 1.31. The number of fused-ring (bicyclic) bond motifs is 1. The number of imidazole rings is 2. The Morgan fingerprint density at radius 2 is 1.93 bits per heavy atom. The standard InChI is InChI=1S/C20H18FN5O2S/c1-24-10-9-22-19(24)29-17-8-7-13(21)11-14(17)23-18(27)12-26-16-6-4-3-5-15(16)25(2)20(26)28/h3-11H,12H2,1-2H3,(H,23,27). The molecule has 0 bridgehead atoms. The molecule has 148 valence electrons. The fraction of sp³-hybridized carbons (Fsp3) is 0.150. The van der Waals surface area contributed by atoms with Crippen LogP contribution >= 0.6 is 11.8 Å². The highest BCUT2D eigenvalue weighted by molar-refractivity contribution is 7.99. The van der Waals surface area contributed by atoms with E-state index in [0.717, 1.165) is 5.52 Å². The van der Waals surface area contributed by atoms with Crippen LogP contribution in [0.4, 0.5) is 10.1 Å². The Balaban J connectivity index is 1.61. The van der Waals surface area contributed by atoms with Crippen LogP contribution in [0.2, 0.25) is 0 Å². The summed E-state index contributed by atoms with van der Waals surface area (Å²) in [5.41, 5.74) is 1.44. The average molecular weight is 411 g/mol. The number of carbonyl (C=O) groups is 1. The number of benzene rings is 2. The molecule has 0 aliphatic carbocycles. The largest absolute Gasteiger partial charge is 0.329 e. The minimum absolute atomic E-state index is 0.177. The number of carbonyl (C=O) groups excluding carboxylic acids is 1. The van der Waals surface area contributed by atoms with Crippen molar-refractivity contribution in [1.82, 2.24) is 18.7 Å². The van der Waals surface area contributed by atoms with Crippen molar-refractivity contribution in [3.63, 3.8) is 0 Å². The molecule has 2 heterocycles. The molecule has 0 saturated heterocycles. The molecule has 7 nitrogen and oxygen atoms in total. The lowest BCUT2D eigenvalue weighted by molar-refractivity contribution is -0.116. The van der Waals surface area contributed by atoms with E-state index in [0.29, 0.717) is 21.3 Å². The molecule has 1 N–H and O–H groups in total. The number of hydrogen-bond donors (Lipinski definition) is 1. The Bertz CT molecular complexity index is 1270. The highest BCUT2D eigenvalue weighted by Gasteiger charge is 2.16. The molecule has 0 aliphatic heterocycles. The van der Waals surface area contributed by atoms with Gasteiger partial charge < -0.3 is 9.88 Å². The van der Waals surface area contributed by atoms with Crippen molar-refractivity contribution in [2.45, 2.75) is 16.6 Å². The van der Waals surface area contributed by atoms with E-state index >= 15 is 0 Å². The first-order chi connectivity index (χ1) is 13.9. The normalized spacial score (nSPS) is 11.1. The molecule has 4 aromatic rings. The first-order valence-electron chi connectivity index (χ1n) is 8.83. The topological polar surface area (TPSA) is 73.8 Å². The van der Waals surface area contributed by atoms with Gasteiger partial charge >= 0.3 is 5.69 Å². The Morgan fingerprint density at radius 1 is 1.17 bits per heavy atom. The smallest absolute Gasteiger partial charge is 0.329 e. The molecular weight excluding hydrogens is 393 g/mol.